The minimum Gasteiger partial charge on any atom is -0.508 e. The number of nitrogens with one attached hydrogen (secondary N) is 2. The van der Waals surface area contributed by atoms with Gasteiger partial charge in [0.25, 0.3) is 0 Å². The molecule has 1 aliphatic carbocycles. The Labute approximate surface area is 195 Å². The molecule has 0 spiro atoms. The molecule has 3 amide bonds. The number of rotatable bonds is 7. The van der Waals surface area contributed by atoms with E-state index in [-0.39, 0.29) is 17.4 Å². The van der Waals surface area contributed by atoms with Gasteiger partial charge in [0, 0.05) is 17.1 Å². The highest BCUT2D eigenvalue weighted by molar-refractivity contribution is 5.93. The number of aliphatic hydroxyl groups is 1. The minimum atomic E-state index is -1.31. The molecule has 1 saturated carbocycles. The molecule has 1 aromatic carbocycles. The zero-order chi connectivity index (χ0) is 25.0. The predicted octanol–water partition coefficient (Wildman–Crippen LogP) is 2.61. The van der Waals surface area contributed by atoms with Crippen molar-refractivity contribution in [3.8, 4) is 5.75 Å². The third-order valence-corrected chi connectivity index (χ3v) is 5.15. The number of amides is 3. The number of phenols is 1. The van der Waals surface area contributed by atoms with Crippen molar-refractivity contribution in [2.45, 2.75) is 90.1 Å². The Balaban J connectivity index is 2.45. The van der Waals surface area contributed by atoms with Crippen molar-refractivity contribution in [1.82, 2.24) is 15.5 Å². The molecule has 1 aromatic rings. The Bertz CT molecular complexity index is 854. The van der Waals surface area contributed by atoms with Crippen LogP contribution in [0.4, 0.5) is 4.79 Å². The maximum absolute atomic E-state index is 13.6. The fraction of sp³-hybridized carbons (Fsp3) is 0.625. The number of hydrogen-bond donors (Lipinski definition) is 4. The zero-order valence-corrected chi connectivity index (χ0v) is 20.3. The molecule has 33 heavy (non-hydrogen) atoms. The summed E-state index contributed by atoms with van der Waals surface area (Å²) in [5, 5.41) is 25.8. The van der Waals surface area contributed by atoms with Gasteiger partial charge in [0.05, 0.1) is 6.61 Å². The zero-order valence-electron chi connectivity index (χ0n) is 20.3. The molecular formula is C24H37N3O6. The quantitative estimate of drug-likeness (QED) is 0.492. The van der Waals surface area contributed by atoms with E-state index in [1.165, 1.54) is 11.0 Å². The molecule has 9 heteroatoms. The summed E-state index contributed by atoms with van der Waals surface area (Å²) < 4.78 is 5.23. The lowest BCUT2D eigenvalue weighted by Gasteiger charge is -2.44. The van der Waals surface area contributed by atoms with E-state index >= 15 is 0 Å². The molecule has 1 fully saturated rings. The second-order valence-corrected chi connectivity index (χ2v) is 10.4. The molecule has 9 nitrogen and oxygen atoms in total. The van der Waals surface area contributed by atoms with Crippen LogP contribution in [0, 0.1) is 0 Å². The Hall–Kier alpha value is -2.81. The van der Waals surface area contributed by atoms with E-state index in [1.807, 2.05) is 20.8 Å². The average molecular weight is 464 g/mol. The van der Waals surface area contributed by atoms with Gasteiger partial charge < -0.3 is 30.5 Å². The standard InChI is InChI=1S/C24H37N3O6/c1-23(2,3)26-20(30)19(16-12-7-8-13-18(16)29)27(15-10-9-11-15)21(31)17(14-28)25-22(32)33-24(4,5)6/h7-8,12-13,15,17,19,28-29H,9-11,14H2,1-6H3,(H,25,32)(H,26,30). The third-order valence-electron chi connectivity index (χ3n) is 5.15. The molecule has 2 unspecified atom stereocenters. The van der Waals surface area contributed by atoms with Crippen LogP contribution >= 0.6 is 0 Å². The molecule has 0 aliphatic heterocycles. The van der Waals surface area contributed by atoms with Crippen molar-refractivity contribution in [1.29, 1.82) is 0 Å². The third kappa shape index (κ3) is 7.35. The number of benzene rings is 1. The van der Waals surface area contributed by atoms with Gasteiger partial charge in [-0.15, -0.1) is 0 Å². The van der Waals surface area contributed by atoms with Crippen LogP contribution in [0.2, 0.25) is 0 Å². The van der Waals surface area contributed by atoms with Gasteiger partial charge in [0.1, 0.15) is 23.4 Å². The van der Waals surface area contributed by atoms with Gasteiger partial charge in [-0.2, -0.15) is 0 Å². The second kappa shape index (κ2) is 10.4. The summed E-state index contributed by atoms with van der Waals surface area (Å²) in [5.41, 5.74) is -1.10. The molecule has 1 aliphatic rings. The molecule has 0 radical (unpaired) electrons. The summed E-state index contributed by atoms with van der Waals surface area (Å²) in [6, 6.07) is 3.64. The highest BCUT2D eigenvalue weighted by Crippen LogP contribution is 2.36. The van der Waals surface area contributed by atoms with Gasteiger partial charge >= 0.3 is 6.09 Å². The summed E-state index contributed by atoms with van der Waals surface area (Å²) in [7, 11) is 0. The number of ether oxygens (including phenoxy) is 1. The highest BCUT2D eigenvalue weighted by atomic mass is 16.6. The number of phenolic OH excluding ortho intramolecular Hbond substituents is 1. The van der Waals surface area contributed by atoms with Crippen LogP contribution in [0.15, 0.2) is 24.3 Å². The molecule has 0 saturated heterocycles. The van der Waals surface area contributed by atoms with Gasteiger partial charge in [-0.1, -0.05) is 18.2 Å². The number of alkyl carbamates (subject to hydrolysis) is 1. The number of hydrogen-bond acceptors (Lipinski definition) is 6. The van der Waals surface area contributed by atoms with Gasteiger partial charge in [-0.3, -0.25) is 9.59 Å². The Morgan fingerprint density at radius 3 is 2.18 bits per heavy atom. The van der Waals surface area contributed by atoms with E-state index in [1.54, 1.807) is 39.0 Å². The number of para-hydroxylation sites is 1. The first-order valence-electron chi connectivity index (χ1n) is 11.3. The van der Waals surface area contributed by atoms with E-state index in [2.05, 4.69) is 10.6 Å². The van der Waals surface area contributed by atoms with E-state index in [0.717, 1.165) is 6.42 Å². The van der Waals surface area contributed by atoms with Crippen LogP contribution < -0.4 is 10.6 Å². The van der Waals surface area contributed by atoms with Crippen molar-refractivity contribution in [2.24, 2.45) is 0 Å². The van der Waals surface area contributed by atoms with Crippen molar-refractivity contribution >= 4 is 17.9 Å². The first-order chi connectivity index (χ1) is 15.2. The van der Waals surface area contributed by atoms with Gasteiger partial charge in [-0.25, -0.2) is 4.79 Å². The van der Waals surface area contributed by atoms with Crippen molar-refractivity contribution in [2.75, 3.05) is 6.61 Å². The van der Waals surface area contributed by atoms with Crippen LogP contribution in [0.1, 0.15) is 72.4 Å². The number of aliphatic hydroxyl groups excluding tert-OH is 1. The molecule has 2 atom stereocenters. The lowest BCUT2D eigenvalue weighted by atomic mass is 9.87. The van der Waals surface area contributed by atoms with Crippen molar-refractivity contribution < 1.29 is 29.3 Å². The molecule has 2 rings (SSSR count). The monoisotopic (exact) mass is 463 g/mol. The van der Waals surface area contributed by atoms with Gasteiger partial charge in [0.15, 0.2) is 0 Å². The Morgan fingerprint density at radius 2 is 1.73 bits per heavy atom. The van der Waals surface area contributed by atoms with E-state index < -0.39 is 47.7 Å². The molecule has 4 N–H and O–H groups in total. The number of aromatic hydroxyl groups is 1. The molecule has 0 heterocycles. The Morgan fingerprint density at radius 1 is 1.12 bits per heavy atom. The van der Waals surface area contributed by atoms with Crippen LogP contribution in [0.5, 0.6) is 5.75 Å². The summed E-state index contributed by atoms with van der Waals surface area (Å²) in [6.07, 6.45) is 1.38. The number of carbonyl (C=O) groups excluding carboxylic acids is 3. The van der Waals surface area contributed by atoms with Crippen molar-refractivity contribution in [3.05, 3.63) is 29.8 Å². The van der Waals surface area contributed by atoms with Crippen LogP contribution in [-0.2, 0) is 14.3 Å². The van der Waals surface area contributed by atoms with Crippen LogP contribution in [-0.4, -0.2) is 62.9 Å². The Kier molecular flexibility index (Phi) is 8.35. The number of nitrogens with zero attached hydrogens (tertiary/aromatic N) is 1. The molecule has 0 bridgehead atoms. The average Bonchev–Trinajstić information content (AvgIpc) is 2.62. The summed E-state index contributed by atoms with van der Waals surface area (Å²) >= 11 is 0. The lowest BCUT2D eigenvalue weighted by Crippen LogP contribution is -2.59. The minimum absolute atomic E-state index is 0.121. The van der Waals surface area contributed by atoms with E-state index in [4.69, 9.17) is 4.74 Å². The summed E-state index contributed by atoms with van der Waals surface area (Å²) in [5.74, 6) is -1.20. The molecule has 0 aromatic heterocycles. The number of carbonyl (C=O) groups is 3. The topological polar surface area (TPSA) is 128 Å². The molecule has 184 valence electrons. The summed E-state index contributed by atoms with van der Waals surface area (Å²) in [6.45, 7) is 9.86. The highest BCUT2D eigenvalue weighted by Gasteiger charge is 2.43. The summed E-state index contributed by atoms with van der Waals surface area (Å²) in [4.78, 5) is 40.7. The maximum atomic E-state index is 13.6. The largest absolute Gasteiger partial charge is 0.508 e. The fourth-order valence-corrected chi connectivity index (χ4v) is 3.57. The lowest BCUT2D eigenvalue weighted by molar-refractivity contribution is -0.148. The van der Waals surface area contributed by atoms with E-state index in [0.29, 0.717) is 12.8 Å². The predicted molar refractivity (Wildman–Crippen MR) is 123 cm³/mol. The second-order valence-electron chi connectivity index (χ2n) is 10.4. The first-order valence-corrected chi connectivity index (χ1v) is 11.3. The van der Waals surface area contributed by atoms with Gasteiger partial charge in [-0.05, 0) is 66.9 Å². The van der Waals surface area contributed by atoms with Crippen LogP contribution in [0.3, 0.4) is 0 Å². The van der Waals surface area contributed by atoms with E-state index in [9.17, 15) is 24.6 Å². The first kappa shape index (κ1) is 26.4. The fourth-order valence-electron chi connectivity index (χ4n) is 3.57. The van der Waals surface area contributed by atoms with Gasteiger partial charge in [0.2, 0.25) is 11.8 Å². The molecular weight excluding hydrogens is 426 g/mol. The van der Waals surface area contributed by atoms with Crippen LogP contribution in [0.25, 0.3) is 0 Å². The van der Waals surface area contributed by atoms with Crippen molar-refractivity contribution in [3.63, 3.8) is 0 Å². The maximum Gasteiger partial charge on any atom is 0.408 e. The smallest absolute Gasteiger partial charge is 0.408 e. The normalized spacial score (nSPS) is 16.2. The SMILES string of the molecule is CC(C)(C)NC(=O)C(c1ccccc1O)N(C(=O)C(CO)NC(=O)OC(C)(C)C)C1CCC1.